The first kappa shape index (κ1) is 18.3. The molecule has 0 unspecified atom stereocenters. The van der Waals surface area contributed by atoms with E-state index in [0.29, 0.717) is 18.7 Å². The summed E-state index contributed by atoms with van der Waals surface area (Å²) >= 11 is 0. The molecule has 2 aromatic carbocycles. The summed E-state index contributed by atoms with van der Waals surface area (Å²) in [6.45, 7) is 4.16. The topological polar surface area (TPSA) is 87.7 Å². The summed E-state index contributed by atoms with van der Waals surface area (Å²) < 4.78 is 27.2. The summed E-state index contributed by atoms with van der Waals surface area (Å²) in [5.74, 6) is 1.37. The number of hydrogen-bond acceptors (Lipinski definition) is 4. The molecule has 3 rings (SSSR count). The standard InChI is InChI=1S/C19H22N4O2S/c1-14-6-8-16(9-7-14)13-19-21-18(22-23-19)10-11-20-26(24,25)17-5-3-4-15(2)12-17/h3-9,12,20H,10-11,13H2,1-2H3,(H,21,22,23). The summed E-state index contributed by atoms with van der Waals surface area (Å²) in [5, 5.41) is 7.08. The van der Waals surface area contributed by atoms with Crippen LogP contribution in [0.2, 0.25) is 0 Å². The number of benzene rings is 2. The van der Waals surface area contributed by atoms with Crippen LogP contribution in [0.5, 0.6) is 0 Å². The molecule has 0 bridgehead atoms. The van der Waals surface area contributed by atoms with Crippen molar-refractivity contribution in [2.24, 2.45) is 0 Å². The fourth-order valence-corrected chi connectivity index (χ4v) is 3.72. The molecule has 136 valence electrons. The SMILES string of the molecule is Cc1ccc(Cc2nc(CCNS(=O)(=O)c3cccc(C)c3)n[nH]2)cc1. The van der Waals surface area contributed by atoms with Crippen LogP contribution in [0.3, 0.4) is 0 Å². The van der Waals surface area contributed by atoms with Gasteiger partial charge in [-0.2, -0.15) is 5.10 Å². The number of rotatable bonds is 7. The number of nitrogens with zero attached hydrogens (tertiary/aromatic N) is 2. The van der Waals surface area contributed by atoms with Crippen LogP contribution in [0.4, 0.5) is 0 Å². The number of aryl methyl sites for hydroxylation is 2. The van der Waals surface area contributed by atoms with E-state index >= 15 is 0 Å². The molecule has 1 heterocycles. The summed E-state index contributed by atoms with van der Waals surface area (Å²) in [5.41, 5.74) is 3.27. The van der Waals surface area contributed by atoms with E-state index in [-0.39, 0.29) is 11.4 Å². The predicted octanol–water partition coefficient (Wildman–Crippen LogP) is 2.53. The lowest BCUT2D eigenvalue weighted by Crippen LogP contribution is -2.26. The maximum Gasteiger partial charge on any atom is 0.240 e. The summed E-state index contributed by atoms with van der Waals surface area (Å²) in [6.07, 6.45) is 1.09. The maximum atomic E-state index is 12.3. The predicted molar refractivity (Wildman–Crippen MR) is 100 cm³/mol. The Bertz CT molecular complexity index is 979. The highest BCUT2D eigenvalue weighted by Gasteiger charge is 2.14. The third kappa shape index (κ3) is 4.77. The molecule has 0 fully saturated rings. The van der Waals surface area contributed by atoms with Gasteiger partial charge < -0.3 is 0 Å². The van der Waals surface area contributed by atoms with Gasteiger partial charge in [0.15, 0.2) is 5.82 Å². The van der Waals surface area contributed by atoms with Crippen molar-refractivity contribution in [2.45, 2.75) is 31.6 Å². The Morgan fingerprint density at radius 1 is 1.04 bits per heavy atom. The molecule has 0 amide bonds. The van der Waals surface area contributed by atoms with Crippen molar-refractivity contribution >= 4 is 10.0 Å². The third-order valence-corrected chi connectivity index (χ3v) is 5.47. The Balaban J connectivity index is 1.55. The van der Waals surface area contributed by atoms with Gasteiger partial charge in [-0.3, -0.25) is 5.10 Å². The van der Waals surface area contributed by atoms with Crippen LogP contribution in [0.25, 0.3) is 0 Å². The van der Waals surface area contributed by atoms with Gasteiger partial charge in [-0.1, -0.05) is 42.0 Å². The molecule has 0 saturated carbocycles. The van der Waals surface area contributed by atoms with Crippen molar-refractivity contribution in [1.82, 2.24) is 19.9 Å². The largest absolute Gasteiger partial charge is 0.263 e. The minimum Gasteiger partial charge on any atom is -0.263 e. The zero-order chi connectivity index (χ0) is 18.6. The van der Waals surface area contributed by atoms with E-state index in [1.165, 1.54) is 5.56 Å². The second kappa shape index (κ2) is 7.80. The maximum absolute atomic E-state index is 12.3. The number of hydrogen-bond donors (Lipinski definition) is 2. The van der Waals surface area contributed by atoms with Crippen LogP contribution in [-0.4, -0.2) is 30.1 Å². The minimum absolute atomic E-state index is 0.248. The third-order valence-electron chi connectivity index (χ3n) is 4.01. The van der Waals surface area contributed by atoms with E-state index in [9.17, 15) is 8.42 Å². The molecule has 0 aliphatic heterocycles. The highest BCUT2D eigenvalue weighted by atomic mass is 32.2. The molecule has 1 aromatic heterocycles. The molecule has 0 radical (unpaired) electrons. The van der Waals surface area contributed by atoms with E-state index in [0.717, 1.165) is 17.0 Å². The molecule has 0 atom stereocenters. The van der Waals surface area contributed by atoms with E-state index in [1.807, 2.05) is 19.9 Å². The van der Waals surface area contributed by atoms with E-state index in [4.69, 9.17) is 0 Å². The highest BCUT2D eigenvalue weighted by molar-refractivity contribution is 7.89. The monoisotopic (exact) mass is 370 g/mol. The molecule has 7 heteroatoms. The lowest BCUT2D eigenvalue weighted by molar-refractivity contribution is 0.581. The van der Waals surface area contributed by atoms with Crippen LogP contribution in [0.15, 0.2) is 53.4 Å². The van der Waals surface area contributed by atoms with Crippen molar-refractivity contribution in [2.75, 3.05) is 6.54 Å². The molecule has 26 heavy (non-hydrogen) atoms. The average Bonchev–Trinajstić information content (AvgIpc) is 3.04. The van der Waals surface area contributed by atoms with Crippen LogP contribution in [-0.2, 0) is 22.9 Å². The molecule has 0 aliphatic carbocycles. The first-order chi connectivity index (χ1) is 12.4. The number of sulfonamides is 1. The van der Waals surface area contributed by atoms with Crippen LogP contribution >= 0.6 is 0 Å². The van der Waals surface area contributed by atoms with Gasteiger partial charge in [0, 0.05) is 19.4 Å². The summed E-state index contributed by atoms with van der Waals surface area (Å²) in [4.78, 5) is 4.70. The smallest absolute Gasteiger partial charge is 0.240 e. The van der Waals surface area contributed by atoms with Gasteiger partial charge in [0.05, 0.1) is 4.90 Å². The first-order valence-electron chi connectivity index (χ1n) is 8.44. The van der Waals surface area contributed by atoms with Crippen molar-refractivity contribution in [3.05, 3.63) is 76.9 Å². The van der Waals surface area contributed by atoms with E-state index < -0.39 is 10.0 Å². The van der Waals surface area contributed by atoms with Gasteiger partial charge in [-0.05, 0) is 37.1 Å². The molecular formula is C19H22N4O2S. The number of nitrogens with one attached hydrogen (secondary N) is 2. The van der Waals surface area contributed by atoms with Crippen LogP contribution < -0.4 is 4.72 Å². The van der Waals surface area contributed by atoms with Gasteiger partial charge >= 0.3 is 0 Å². The molecular weight excluding hydrogens is 348 g/mol. The van der Waals surface area contributed by atoms with Gasteiger partial charge in [0.1, 0.15) is 5.82 Å². The normalized spacial score (nSPS) is 11.6. The van der Waals surface area contributed by atoms with Crippen molar-refractivity contribution in [1.29, 1.82) is 0 Å². The Labute approximate surface area is 153 Å². The zero-order valence-electron chi connectivity index (χ0n) is 14.9. The lowest BCUT2D eigenvalue weighted by atomic mass is 10.1. The van der Waals surface area contributed by atoms with Crippen molar-refractivity contribution in [3.8, 4) is 0 Å². The number of aromatic amines is 1. The van der Waals surface area contributed by atoms with Gasteiger partial charge in [0.25, 0.3) is 0 Å². The second-order valence-electron chi connectivity index (χ2n) is 6.32. The Hall–Kier alpha value is -2.51. The Morgan fingerprint density at radius 3 is 2.54 bits per heavy atom. The second-order valence-corrected chi connectivity index (χ2v) is 8.09. The van der Waals surface area contributed by atoms with Crippen molar-refractivity contribution < 1.29 is 8.42 Å². The average molecular weight is 370 g/mol. The molecule has 0 aliphatic rings. The quantitative estimate of drug-likeness (QED) is 0.669. The molecule has 0 spiro atoms. The van der Waals surface area contributed by atoms with Gasteiger partial charge in [-0.15, -0.1) is 0 Å². The summed E-state index contributed by atoms with van der Waals surface area (Å²) in [7, 11) is -3.51. The van der Waals surface area contributed by atoms with Crippen LogP contribution in [0.1, 0.15) is 28.3 Å². The Kier molecular flexibility index (Phi) is 5.49. The Morgan fingerprint density at radius 2 is 1.81 bits per heavy atom. The molecule has 6 nitrogen and oxygen atoms in total. The minimum atomic E-state index is -3.51. The molecule has 3 aromatic rings. The molecule has 0 saturated heterocycles. The highest BCUT2D eigenvalue weighted by Crippen LogP contribution is 2.11. The fourth-order valence-electron chi connectivity index (χ4n) is 2.59. The fraction of sp³-hybridized carbons (Fsp3) is 0.263. The van der Waals surface area contributed by atoms with Gasteiger partial charge in [0.2, 0.25) is 10.0 Å². The number of H-pyrrole nitrogens is 1. The number of aromatic nitrogens is 3. The van der Waals surface area contributed by atoms with Crippen molar-refractivity contribution in [3.63, 3.8) is 0 Å². The van der Waals surface area contributed by atoms with E-state index in [2.05, 4.69) is 44.2 Å². The first-order valence-corrected chi connectivity index (χ1v) is 9.93. The zero-order valence-corrected chi connectivity index (χ0v) is 15.7. The summed E-state index contributed by atoms with van der Waals surface area (Å²) in [6, 6.07) is 15.1. The van der Waals surface area contributed by atoms with E-state index in [1.54, 1.807) is 18.2 Å². The van der Waals surface area contributed by atoms with Crippen LogP contribution in [0, 0.1) is 13.8 Å². The molecule has 2 N–H and O–H groups in total. The lowest BCUT2D eigenvalue weighted by Gasteiger charge is -2.06. The van der Waals surface area contributed by atoms with Gasteiger partial charge in [-0.25, -0.2) is 18.1 Å².